The maximum absolute atomic E-state index is 8.78. The molecule has 1 unspecified atom stereocenters. The molecule has 0 spiro atoms. The largest absolute Gasteiger partial charge is 0.409 e. The van der Waals surface area contributed by atoms with Gasteiger partial charge >= 0.3 is 0 Å². The number of aliphatic hydroxyl groups is 1. The number of hydrogen-bond acceptors (Lipinski definition) is 4. The summed E-state index contributed by atoms with van der Waals surface area (Å²) in [4.78, 5) is 0. The van der Waals surface area contributed by atoms with E-state index in [4.69, 9.17) is 16.0 Å². The van der Waals surface area contributed by atoms with Crippen molar-refractivity contribution >= 4 is 5.84 Å². The monoisotopic (exact) mass is 175 g/mol. The Labute approximate surface area is 72.3 Å². The third-order valence-corrected chi connectivity index (χ3v) is 1.66. The molecule has 0 aromatic rings. The van der Waals surface area contributed by atoms with Crippen molar-refractivity contribution in [3.63, 3.8) is 0 Å². The van der Waals surface area contributed by atoms with Gasteiger partial charge in [0.25, 0.3) is 0 Å². The number of nitrogens with two attached hydrogens (primary N) is 1. The smallest absolute Gasteiger partial charge is 0.140 e. The first kappa shape index (κ1) is 11.2. The quantitative estimate of drug-likeness (QED) is 0.189. The molecular weight excluding hydrogens is 158 g/mol. The van der Waals surface area contributed by atoms with Crippen LogP contribution in [0.3, 0.4) is 0 Å². The van der Waals surface area contributed by atoms with Gasteiger partial charge in [0.1, 0.15) is 5.84 Å². The van der Waals surface area contributed by atoms with E-state index in [1.807, 2.05) is 6.92 Å². The number of aliphatic hydroxyl groups excluding tert-OH is 1. The van der Waals surface area contributed by atoms with Crippen LogP contribution >= 0.6 is 0 Å². The van der Waals surface area contributed by atoms with E-state index in [0.717, 1.165) is 6.42 Å². The van der Waals surface area contributed by atoms with E-state index < -0.39 is 0 Å². The van der Waals surface area contributed by atoms with E-state index >= 15 is 0 Å². The molecule has 0 aliphatic carbocycles. The molecule has 0 aliphatic rings. The predicted octanol–water partition coefficient (Wildman–Crippen LogP) is -0.517. The number of nitrogens with zero attached hydrogens (tertiary/aromatic N) is 1. The van der Waals surface area contributed by atoms with E-state index in [0.29, 0.717) is 13.0 Å². The van der Waals surface area contributed by atoms with Gasteiger partial charge in [-0.2, -0.15) is 0 Å². The first-order chi connectivity index (χ1) is 5.74. The van der Waals surface area contributed by atoms with Gasteiger partial charge in [-0.3, -0.25) is 0 Å². The number of hydrogen-bond donors (Lipinski definition) is 4. The van der Waals surface area contributed by atoms with Crippen molar-refractivity contribution < 1.29 is 10.3 Å². The fourth-order valence-corrected chi connectivity index (χ4v) is 0.792. The Morgan fingerprint density at radius 3 is 2.75 bits per heavy atom. The summed E-state index contributed by atoms with van der Waals surface area (Å²) in [6.07, 6.45) is 1.36. The topological polar surface area (TPSA) is 90.9 Å². The van der Waals surface area contributed by atoms with Crippen molar-refractivity contribution in [1.82, 2.24) is 5.32 Å². The Hall–Kier alpha value is -0.810. The van der Waals surface area contributed by atoms with Crippen LogP contribution in [0.1, 0.15) is 19.8 Å². The van der Waals surface area contributed by atoms with Crippen LogP contribution in [0.25, 0.3) is 0 Å². The lowest BCUT2D eigenvalue weighted by molar-refractivity contribution is 0.240. The van der Waals surface area contributed by atoms with Crippen molar-refractivity contribution in [2.75, 3.05) is 13.2 Å². The second-order valence-corrected chi connectivity index (χ2v) is 2.58. The van der Waals surface area contributed by atoms with Crippen molar-refractivity contribution in [1.29, 1.82) is 0 Å². The Morgan fingerprint density at radius 2 is 2.33 bits per heavy atom. The van der Waals surface area contributed by atoms with Gasteiger partial charge in [0, 0.05) is 19.0 Å². The van der Waals surface area contributed by atoms with Crippen molar-refractivity contribution in [3.8, 4) is 0 Å². The molecule has 0 aromatic carbocycles. The standard InChI is InChI=1S/C7H17N3O2/c1-2-6(5-11)9-4-3-7(8)10-12/h6,9,11-12H,2-5H2,1H3,(H2,8,10). The van der Waals surface area contributed by atoms with Gasteiger partial charge in [-0.05, 0) is 6.42 Å². The SMILES string of the molecule is CCC(CO)NCCC(N)=NO. The molecular formula is C7H17N3O2. The summed E-state index contributed by atoms with van der Waals surface area (Å²) in [5, 5.41) is 22.9. The first-order valence-electron chi connectivity index (χ1n) is 4.05. The van der Waals surface area contributed by atoms with E-state index in [-0.39, 0.29) is 18.5 Å². The summed E-state index contributed by atoms with van der Waals surface area (Å²) in [5.74, 6) is 0.204. The van der Waals surface area contributed by atoms with E-state index in [1.54, 1.807) is 0 Å². The Morgan fingerprint density at radius 1 is 1.67 bits per heavy atom. The molecule has 72 valence electrons. The average molecular weight is 175 g/mol. The van der Waals surface area contributed by atoms with Crippen molar-refractivity contribution in [3.05, 3.63) is 0 Å². The minimum atomic E-state index is 0.108. The van der Waals surface area contributed by atoms with E-state index in [1.165, 1.54) is 0 Å². The summed E-state index contributed by atoms with van der Waals surface area (Å²) >= 11 is 0. The molecule has 5 heteroatoms. The highest BCUT2D eigenvalue weighted by Crippen LogP contribution is 1.88. The van der Waals surface area contributed by atoms with Crippen LogP contribution < -0.4 is 11.1 Å². The van der Waals surface area contributed by atoms with Gasteiger partial charge in [-0.15, -0.1) is 0 Å². The molecule has 0 saturated heterocycles. The minimum absolute atomic E-state index is 0.108. The molecule has 0 rings (SSSR count). The highest BCUT2D eigenvalue weighted by atomic mass is 16.4. The van der Waals surface area contributed by atoms with Gasteiger partial charge in [-0.1, -0.05) is 12.1 Å². The molecule has 0 fully saturated rings. The number of rotatable bonds is 6. The molecule has 0 bridgehead atoms. The summed E-state index contributed by atoms with van der Waals surface area (Å²) in [7, 11) is 0. The number of nitrogens with one attached hydrogen (secondary N) is 1. The zero-order valence-electron chi connectivity index (χ0n) is 7.32. The average Bonchev–Trinajstić information content (AvgIpc) is 2.12. The summed E-state index contributed by atoms with van der Waals surface area (Å²) < 4.78 is 0. The lowest BCUT2D eigenvalue weighted by Gasteiger charge is -2.12. The Bertz CT molecular complexity index is 135. The normalized spacial score (nSPS) is 14.7. The number of amidine groups is 1. The van der Waals surface area contributed by atoms with Gasteiger partial charge in [-0.25, -0.2) is 0 Å². The van der Waals surface area contributed by atoms with Crippen LogP contribution in [-0.4, -0.2) is 35.3 Å². The number of oxime groups is 1. The third-order valence-electron chi connectivity index (χ3n) is 1.66. The molecule has 0 heterocycles. The van der Waals surface area contributed by atoms with Crippen LogP contribution in [0, 0.1) is 0 Å². The third kappa shape index (κ3) is 4.92. The Kier molecular flexibility index (Phi) is 6.41. The van der Waals surface area contributed by atoms with Gasteiger partial charge in [0.15, 0.2) is 0 Å². The zero-order valence-corrected chi connectivity index (χ0v) is 7.32. The van der Waals surface area contributed by atoms with Crippen molar-refractivity contribution in [2.45, 2.75) is 25.8 Å². The second kappa shape index (κ2) is 6.87. The molecule has 0 saturated carbocycles. The second-order valence-electron chi connectivity index (χ2n) is 2.58. The zero-order chi connectivity index (χ0) is 9.40. The lowest BCUT2D eigenvalue weighted by Crippen LogP contribution is -2.34. The molecule has 1 atom stereocenters. The molecule has 0 amide bonds. The minimum Gasteiger partial charge on any atom is -0.409 e. The van der Waals surface area contributed by atoms with Crippen LogP contribution in [0.15, 0.2) is 5.16 Å². The lowest BCUT2D eigenvalue weighted by atomic mass is 10.2. The predicted molar refractivity (Wildman–Crippen MR) is 47.2 cm³/mol. The fourth-order valence-electron chi connectivity index (χ4n) is 0.792. The van der Waals surface area contributed by atoms with Crippen molar-refractivity contribution in [2.24, 2.45) is 10.9 Å². The van der Waals surface area contributed by atoms with Gasteiger partial charge in [0.05, 0.1) is 6.61 Å². The van der Waals surface area contributed by atoms with Gasteiger partial charge in [0.2, 0.25) is 0 Å². The van der Waals surface area contributed by atoms with E-state index in [9.17, 15) is 0 Å². The first-order valence-corrected chi connectivity index (χ1v) is 4.05. The van der Waals surface area contributed by atoms with E-state index in [2.05, 4.69) is 10.5 Å². The molecule has 0 aromatic heterocycles. The molecule has 12 heavy (non-hydrogen) atoms. The molecule has 5 N–H and O–H groups in total. The van der Waals surface area contributed by atoms with Crippen LogP contribution in [0.4, 0.5) is 0 Å². The molecule has 0 radical (unpaired) electrons. The van der Waals surface area contributed by atoms with Gasteiger partial charge < -0.3 is 21.4 Å². The van der Waals surface area contributed by atoms with Crippen LogP contribution in [0.2, 0.25) is 0 Å². The maximum atomic E-state index is 8.78. The Balaban J connectivity index is 3.41. The molecule has 5 nitrogen and oxygen atoms in total. The summed E-state index contributed by atoms with van der Waals surface area (Å²) in [6, 6.07) is 0.108. The fraction of sp³-hybridized carbons (Fsp3) is 0.857. The van der Waals surface area contributed by atoms with Crippen LogP contribution in [0.5, 0.6) is 0 Å². The summed E-state index contributed by atoms with van der Waals surface area (Å²) in [5.41, 5.74) is 5.24. The van der Waals surface area contributed by atoms with Crippen LogP contribution in [-0.2, 0) is 0 Å². The maximum Gasteiger partial charge on any atom is 0.140 e. The highest BCUT2D eigenvalue weighted by molar-refractivity contribution is 5.79. The summed E-state index contributed by atoms with van der Waals surface area (Å²) in [6.45, 7) is 2.72. The highest BCUT2D eigenvalue weighted by Gasteiger charge is 2.02. The molecule has 0 aliphatic heterocycles.